The van der Waals surface area contributed by atoms with Gasteiger partial charge in [-0.1, -0.05) is 18.2 Å². The molecule has 1 aromatic heterocycles. The number of ketones is 1. The zero-order chi connectivity index (χ0) is 12.4. The molecule has 90 valence electrons. The van der Waals surface area contributed by atoms with Crippen molar-refractivity contribution in [2.75, 3.05) is 11.9 Å². The first-order valence-electron chi connectivity index (χ1n) is 5.96. The van der Waals surface area contributed by atoms with Gasteiger partial charge < -0.3 is 5.32 Å². The second-order valence-corrected chi connectivity index (χ2v) is 4.38. The van der Waals surface area contributed by atoms with Gasteiger partial charge in [0.25, 0.3) is 0 Å². The van der Waals surface area contributed by atoms with E-state index in [1.807, 2.05) is 18.2 Å². The molecular weight excluding hydrogens is 226 g/mol. The standard InChI is InChI=1S/C14H13N3O/c18-14(13-9-15-5-6-16-13)7-10-8-17-12-4-2-1-3-11(10)12/h1-6,9-10,17H,7-8H2. The number of nitrogens with one attached hydrogen (secondary N) is 1. The molecule has 1 unspecified atom stereocenters. The molecule has 0 saturated carbocycles. The van der Waals surface area contributed by atoms with Crippen molar-refractivity contribution in [1.29, 1.82) is 0 Å². The topological polar surface area (TPSA) is 54.9 Å². The fourth-order valence-corrected chi connectivity index (χ4v) is 2.31. The third-order valence-corrected chi connectivity index (χ3v) is 3.22. The van der Waals surface area contributed by atoms with Crippen LogP contribution in [0.1, 0.15) is 28.4 Å². The van der Waals surface area contributed by atoms with Crippen LogP contribution >= 0.6 is 0 Å². The third kappa shape index (κ3) is 1.97. The van der Waals surface area contributed by atoms with Crippen LogP contribution in [0.25, 0.3) is 0 Å². The zero-order valence-corrected chi connectivity index (χ0v) is 9.84. The molecule has 1 aliphatic rings. The average molecular weight is 239 g/mol. The van der Waals surface area contributed by atoms with Gasteiger partial charge in [-0.25, -0.2) is 4.98 Å². The monoisotopic (exact) mass is 239 g/mol. The summed E-state index contributed by atoms with van der Waals surface area (Å²) >= 11 is 0. The Hall–Kier alpha value is -2.23. The fourth-order valence-electron chi connectivity index (χ4n) is 2.31. The molecule has 0 spiro atoms. The van der Waals surface area contributed by atoms with E-state index in [-0.39, 0.29) is 11.7 Å². The van der Waals surface area contributed by atoms with Crippen LogP contribution in [0.2, 0.25) is 0 Å². The normalized spacial score (nSPS) is 17.0. The maximum Gasteiger partial charge on any atom is 0.183 e. The number of benzene rings is 1. The highest BCUT2D eigenvalue weighted by Crippen LogP contribution is 2.33. The van der Waals surface area contributed by atoms with Crippen LogP contribution in [0.5, 0.6) is 0 Å². The Morgan fingerprint density at radius 2 is 2.22 bits per heavy atom. The molecule has 0 amide bonds. The number of Topliss-reactive ketones (excluding diaryl/α,β-unsaturated/α-hetero) is 1. The van der Waals surface area contributed by atoms with Gasteiger partial charge in [0.1, 0.15) is 5.69 Å². The minimum atomic E-state index is 0.0478. The minimum Gasteiger partial charge on any atom is -0.384 e. The van der Waals surface area contributed by atoms with Gasteiger partial charge in [-0.05, 0) is 11.6 Å². The van der Waals surface area contributed by atoms with Gasteiger partial charge in [0.05, 0.1) is 6.20 Å². The van der Waals surface area contributed by atoms with E-state index in [0.29, 0.717) is 12.1 Å². The fraction of sp³-hybridized carbons (Fsp3) is 0.214. The summed E-state index contributed by atoms with van der Waals surface area (Å²) in [4.78, 5) is 20.1. The highest BCUT2D eigenvalue weighted by Gasteiger charge is 2.24. The Bertz CT molecular complexity index is 568. The van der Waals surface area contributed by atoms with Crippen molar-refractivity contribution in [1.82, 2.24) is 9.97 Å². The van der Waals surface area contributed by atoms with Gasteiger partial charge in [-0.15, -0.1) is 0 Å². The number of nitrogens with zero attached hydrogens (tertiary/aromatic N) is 2. The molecule has 1 aliphatic heterocycles. The van der Waals surface area contributed by atoms with Crippen LogP contribution in [0.3, 0.4) is 0 Å². The maximum absolute atomic E-state index is 12.1. The Balaban J connectivity index is 1.77. The molecule has 4 heteroatoms. The predicted molar refractivity (Wildman–Crippen MR) is 68.7 cm³/mol. The molecule has 2 heterocycles. The summed E-state index contributed by atoms with van der Waals surface area (Å²) in [5, 5.41) is 3.32. The summed E-state index contributed by atoms with van der Waals surface area (Å²) in [7, 11) is 0. The predicted octanol–water partition coefficient (Wildman–Crippen LogP) is 2.26. The zero-order valence-electron chi connectivity index (χ0n) is 9.84. The molecule has 4 nitrogen and oxygen atoms in total. The Labute approximate surface area is 105 Å². The summed E-state index contributed by atoms with van der Waals surface area (Å²) in [5.41, 5.74) is 2.80. The van der Waals surface area contributed by atoms with E-state index < -0.39 is 0 Å². The second-order valence-electron chi connectivity index (χ2n) is 4.38. The number of aromatic nitrogens is 2. The summed E-state index contributed by atoms with van der Waals surface area (Å²) in [6, 6.07) is 8.12. The van der Waals surface area contributed by atoms with Crippen molar-refractivity contribution >= 4 is 11.5 Å². The number of hydrogen-bond acceptors (Lipinski definition) is 4. The van der Waals surface area contributed by atoms with E-state index >= 15 is 0 Å². The largest absolute Gasteiger partial charge is 0.384 e. The van der Waals surface area contributed by atoms with Crippen LogP contribution in [-0.2, 0) is 0 Å². The van der Waals surface area contributed by atoms with E-state index in [9.17, 15) is 4.79 Å². The summed E-state index contributed by atoms with van der Waals surface area (Å²) in [5.74, 6) is 0.280. The molecule has 1 aromatic carbocycles. The lowest BCUT2D eigenvalue weighted by Gasteiger charge is -2.08. The van der Waals surface area contributed by atoms with Crippen LogP contribution in [0.4, 0.5) is 5.69 Å². The molecule has 3 rings (SSSR count). The van der Waals surface area contributed by atoms with Crippen molar-refractivity contribution < 1.29 is 4.79 Å². The van der Waals surface area contributed by atoms with E-state index in [2.05, 4.69) is 21.4 Å². The van der Waals surface area contributed by atoms with E-state index in [0.717, 1.165) is 12.2 Å². The van der Waals surface area contributed by atoms with Crippen molar-refractivity contribution in [2.24, 2.45) is 0 Å². The maximum atomic E-state index is 12.1. The first-order chi connectivity index (χ1) is 8.84. The highest BCUT2D eigenvalue weighted by molar-refractivity contribution is 5.94. The molecule has 0 aliphatic carbocycles. The molecular formula is C14H13N3O. The number of hydrogen-bond donors (Lipinski definition) is 1. The summed E-state index contributed by atoms with van der Waals surface area (Å²) in [6.07, 6.45) is 5.12. The minimum absolute atomic E-state index is 0.0478. The van der Waals surface area contributed by atoms with E-state index in [1.54, 1.807) is 12.4 Å². The van der Waals surface area contributed by atoms with Crippen molar-refractivity contribution in [3.8, 4) is 0 Å². The average Bonchev–Trinajstić information content (AvgIpc) is 2.83. The van der Waals surface area contributed by atoms with E-state index in [1.165, 1.54) is 11.8 Å². The van der Waals surface area contributed by atoms with Gasteiger partial charge in [-0.2, -0.15) is 0 Å². The van der Waals surface area contributed by atoms with E-state index in [4.69, 9.17) is 0 Å². The molecule has 1 atom stereocenters. The van der Waals surface area contributed by atoms with Gasteiger partial charge in [0, 0.05) is 37.0 Å². The third-order valence-electron chi connectivity index (χ3n) is 3.22. The summed E-state index contributed by atoms with van der Waals surface area (Å²) in [6.45, 7) is 0.811. The van der Waals surface area contributed by atoms with Crippen LogP contribution < -0.4 is 5.32 Å². The van der Waals surface area contributed by atoms with Crippen LogP contribution in [0.15, 0.2) is 42.9 Å². The molecule has 0 bridgehead atoms. The van der Waals surface area contributed by atoms with Crippen LogP contribution in [-0.4, -0.2) is 22.3 Å². The Kier molecular flexibility index (Phi) is 2.76. The molecule has 0 radical (unpaired) electrons. The summed E-state index contributed by atoms with van der Waals surface area (Å²) < 4.78 is 0. The lowest BCUT2D eigenvalue weighted by Crippen LogP contribution is -2.10. The molecule has 0 fully saturated rings. The smallest absolute Gasteiger partial charge is 0.183 e. The SMILES string of the molecule is O=C(CC1CNc2ccccc21)c1cnccn1. The number of para-hydroxylation sites is 1. The lowest BCUT2D eigenvalue weighted by molar-refractivity contribution is 0.0970. The lowest BCUT2D eigenvalue weighted by atomic mass is 9.95. The highest BCUT2D eigenvalue weighted by atomic mass is 16.1. The van der Waals surface area contributed by atoms with Gasteiger partial charge in [0.2, 0.25) is 0 Å². The first-order valence-corrected chi connectivity index (χ1v) is 5.96. The molecule has 0 saturated heterocycles. The Morgan fingerprint density at radius 1 is 1.33 bits per heavy atom. The van der Waals surface area contributed by atoms with Gasteiger partial charge in [0.15, 0.2) is 5.78 Å². The second kappa shape index (κ2) is 4.56. The first kappa shape index (κ1) is 10.9. The number of carbonyl (C=O) groups excluding carboxylic acids is 1. The van der Waals surface area contributed by atoms with Crippen LogP contribution in [0, 0.1) is 0 Å². The number of fused-ring (bicyclic) bond motifs is 1. The Morgan fingerprint density at radius 3 is 3.06 bits per heavy atom. The number of anilines is 1. The molecule has 1 N–H and O–H groups in total. The quantitative estimate of drug-likeness (QED) is 0.835. The van der Waals surface area contributed by atoms with Crippen molar-refractivity contribution in [2.45, 2.75) is 12.3 Å². The van der Waals surface area contributed by atoms with Crippen molar-refractivity contribution in [3.05, 3.63) is 54.1 Å². The van der Waals surface area contributed by atoms with Gasteiger partial charge >= 0.3 is 0 Å². The van der Waals surface area contributed by atoms with Crippen molar-refractivity contribution in [3.63, 3.8) is 0 Å². The number of rotatable bonds is 3. The number of carbonyl (C=O) groups is 1. The molecule has 18 heavy (non-hydrogen) atoms. The molecule has 2 aromatic rings. The van der Waals surface area contributed by atoms with Gasteiger partial charge in [-0.3, -0.25) is 9.78 Å².